The molecule has 0 bridgehead atoms. The molecule has 6 heteroatoms. The number of azo groups is 1. The number of aromatic carboxylic acids is 1. The minimum absolute atomic E-state index is 0.0728. The number of carbonyl (C=O) groups is 2. The number of benzene rings is 2. The van der Waals surface area contributed by atoms with Gasteiger partial charge in [-0.15, -0.1) is 0 Å². The van der Waals surface area contributed by atoms with Gasteiger partial charge in [-0.3, -0.25) is 4.79 Å². The monoisotopic (exact) mass is 325 g/mol. The van der Waals surface area contributed by atoms with Crippen LogP contribution in [0.4, 0.5) is 11.4 Å². The van der Waals surface area contributed by atoms with Gasteiger partial charge in [-0.1, -0.05) is 18.2 Å². The van der Waals surface area contributed by atoms with E-state index in [1.165, 1.54) is 12.1 Å². The van der Waals surface area contributed by atoms with E-state index < -0.39 is 5.97 Å². The van der Waals surface area contributed by atoms with Gasteiger partial charge in [0.1, 0.15) is 0 Å². The third-order valence-electron chi connectivity index (χ3n) is 3.55. The first-order chi connectivity index (χ1) is 11.6. The van der Waals surface area contributed by atoms with E-state index in [0.717, 1.165) is 0 Å². The maximum absolute atomic E-state index is 12.4. The van der Waals surface area contributed by atoms with E-state index in [1.807, 2.05) is 32.0 Å². The largest absolute Gasteiger partial charge is 0.478 e. The van der Waals surface area contributed by atoms with E-state index in [-0.39, 0.29) is 17.0 Å². The van der Waals surface area contributed by atoms with E-state index in [2.05, 4.69) is 10.2 Å². The SMILES string of the molecule is CCN(CC)C(=O)c1ccc(N=Nc2ccccc2)cc1C(=O)O. The first-order valence-corrected chi connectivity index (χ1v) is 7.70. The molecule has 0 aliphatic rings. The van der Waals surface area contributed by atoms with Crippen molar-refractivity contribution < 1.29 is 14.7 Å². The molecule has 0 aromatic heterocycles. The van der Waals surface area contributed by atoms with E-state index in [0.29, 0.717) is 24.5 Å². The fourth-order valence-corrected chi connectivity index (χ4v) is 2.25. The summed E-state index contributed by atoms with van der Waals surface area (Å²) < 4.78 is 0. The first-order valence-electron chi connectivity index (χ1n) is 7.70. The summed E-state index contributed by atoms with van der Waals surface area (Å²) >= 11 is 0. The minimum atomic E-state index is -1.16. The Labute approximate surface area is 140 Å². The highest BCUT2D eigenvalue weighted by Crippen LogP contribution is 2.22. The van der Waals surface area contributed by atoms with Crippen LogP contribution >= 0.6 is 0 Å². The molecule has 0 aliphatic carbocycles. The van der Waals surface area contributed by atoms with Crippen molar-refractivity contribution in [2.45, 2.75) is 13.8 Å². The van der Waals surface area contributed by atoms with Gasteiger partial charge in [0, 0.05) is 13.1 Å². The number of carboxylic acid groups (broad SMARTS) is 1. The molecule has 2 rings (SSSR count). The molecule has 0 unspecified atom stereocenters. The number of rotatable bonds is 6. The van der Waals surface area contributed by atoms with Gasteiger partial charge >= 0.3 is 5.97 Å². The van der Waals surface area contributed by atoms with Crippen LogP contribution in [0.2, 0.25) is 0 Å². The van der Waals surface area contributed by atoms with Crippen molar-refractivity contribution in [3.63, 3.8) is 0 Å². The van der Waals surface area contributed by atoms with Crippen LogP contribution in [-0.4, -0.2) is 35.0 Å². The average molecular weight is 325 g/mol. The van der Waals surface area contributed by atoms with E-state index >= 15 is 0 Å². The molecule has 1 N–H and O–H groups in total. The third kappa shape index (κ3) is 4.04. The number of carboxylic acids is 1. The number of hydrogen-bond acceptors (Lipinski definition) is 4. The van der Waals surface area contributed by atoms with Gasteiger partial charge in [-0.2, -0.15) is 10.2 Å². The van der Waals surface area contributed by atoms with Crippen molar-refractivity contribution in [1.82, 2.24) is 4.90 Å². The zero-order chi connectivity index (χ0) is 17.5. The zero-order valence-corrected chi connectivity index (χ0v) is 13.6. The Morgan fingerprint density at radius 3 is 2.12 bits per heavy atom. The predicted octanol–water partition coefficient (Wildman–Crippen LogP) is 4.28. The van der Waals surface area contributed by atoms with Crippen molar-refractivity contribution in [3.05, 3.63) is 59.7 Å². The van der Waals surface area contributed by atoms with Crippen LogP contribution in [0.25, 0.3) is 0 Å². The Hall–Kier alpha value is -3.02. The van der Waals surface area contributed by atoms with Crippen LogP contribution in [0.5, 0.6) is 0 Å². The van der Waals surface area contributed by atoms with Gasteiger partial charge < -0.3 is 10.0 Å². The summed E-state index contributed by atoms with van der Waals surface area (Å²) in [5.41, 5.74) is 1.13. The van der Waals surface area contributed by atoms with Crippen LogP contribution in [-0.2, 0) is 0 Å². The van der Waals surface area contributed by atoms with Crippen molar-refractivity contribution >= 4 is 23.3 Å². The first kappa shape index (κ1) is 17.3. The smallest absolute Gasteiger partial charge is 0.336 e. The summed E-state index contributed by atoms with van der Waals surface area (Å²) in [5, 5.41) is 17.5. The second kappa shape index (κ2) is 8.01. The van der Waals surface area contributed by atoms with E-state index in [4.69, 9.17) is 0 Å². The summed E-state index contributed by atoms with van der Waals surface area (Å²) in [5.74, 6) is -1.47. The highest BCUT2D eigenvalue weighted by Gasteiger charge is 2.20. The molecular formula is C18H19N3O3. The molecule has 24 heavy (non-hydrogen) atoms. The lowest BCUT2D eigenvalue weighted by molar-refractivity contribution is 0.0678. The third-order valence-corrected chi connectivity index (χ3v) is 3.55. The Kier molecular flexibility index (Phi) is 5.78. The Morgan fingerprint density at radius 2 is 1.54 bits per heavy atom. The molecular weight excluding hydrogens is 306 g/mol. The van der Waals surface area contributed by atoms with E-state index in [9.17, 15) is 14.7 Å². The molecule has 0 spiro atoms. The van der Waals surface area contributed by atoms with Crippen LogP contribution in [0.15, 0.2) is 58.8 Å². The summed E-state index contributed by atoms with van der Waals surface area (Å²) in [4.78, 5) is 25.5. The quantitative estimate of drug-likeness (QED) is 0.805. The Morgan fingerprint density at radius 1 is 0.917 bits per heavy atom. The van der Waals surface area contributed by atoms with Gasteiger partial charge in [0.2, 0.25) is 0 Å². The number of hydrogen-bond donors (Lipinski definition) is 1. The van der Waals surface area contributed by atoms with Gasteiger partial charge in [0.25, 0.3) is 5.91 Å². The summed E-state index contributed by atoms with van der Waals surface area (Å²) in [6, 6.07) is 13.6. The molecule has 0 radical (unpaired) electrons. The topological polar surface area (TPSA) is 82.3 Å². The van der Waals surface area contributed by atoms with Crippen LogP contribution in [0, 0.1) is 0 Å². The molecule has 6 nitrogen and oxygen atoms in total. The van der Waals surface area contributed by atoms with Crippen LogP contribution in [0.3, 0.4) is 0 Å². The zero-order valence-electron chi connectivity index (χ0n) is 13.6. The maximum atomic E-state index is 12.4. The highest BCUT2D eigenvalue weighted by molar-refractivity contribution is 6.05. The summed E-state index contributed by atoms with van der Waals surface area (Å²) in [7, 11) is 0. The van der Waals surface area contributed by atoms with Crippen molar-refractivity contribution in [2.75, 3.05) is 13.1 Å². The van der Waals surface area contributed by atoms with Gasteiger partial charge in [0.15, 0.2) is 0 Å². The Bertz CT molecular complexity index is 753. The molecule has 0 saturated carbocycles. The molecule has 1 amide bonds. The molecule has 0 heterocycles. The van der Waals surface area contributed by atoms with Gasteiger partial charge in [0.05, 0.1) is 22.5 Å². The number of amides is 1. The van der Waals surface area contributed by atoms with Crippen molar-refractivity contribution in [3.8, 4) is 0 Å². The Balaban J connectivity index is 2.35. The van der Waals surface area contributed by atoms with Gasteiger partial charge in [-0.05, 0) is 44.2 Å². The predicted molar refractivity (Wildman–Crippen MR) is 91.3 cm³/mol. The normalized spacial score (nSPS) is 10.8. The molecule has 0 saturated heterocycles. The van der Waals surface area contributed by atoms with Crippen LogP contribution < -0.4 is 0 Å². The summed E-state index contributed by atoms with van der Waals surface area (Å²) in [6.45, 7) is 4.74. The molecule has 2 aromatic rings. The molecule has 124 valence electrons. The second-order valence-electron chi connectivity index (χ2n) is 5.05. The average Bonchev–Trinajstić information content (AvgIpc) is 2.61. The fourth-order valence-electron chi connectivity index (χ4n) is 2.25. The molecule has 0 aliphatic heterocycles. The van der Waals surface area contributed by atoms with Gasteiger partial charge in [-0.25, -0.2) is 4.79 Å². The lowest BCUT2D eigenvalue weighted by Crippen LogP contribution is -2.31. The maximum Gasteiger partial charge on any atom is 0.336 e. The highest BCUT2D eigenvalue weighted by atomic mass is 16.4. The number of carbonyl (C=O) groups excluding carboxylic acids is 1. The summed E-state index contributed by atoms with van der Waals surface area (Å²) in [6.07, 6.45) is 0. The van der Waals surface area contributed by atoms with Crippen molar-refractivity contribution in [1.29, 1.82) is 0 Å². The molecule has 0 fully saturated rings. The fraction of sp³-hybridized carbons (Fsp3) is 0.222. The second-order valence-corrected chi connectivity index (χ2v) is 5.05. The number of nitrogens with zero attached hydrogens (tertiary/aromatic N) is 3. The standard InChI is InChI=1S/C18H19N3O3/c1-3-21(4-2)17(22)15-11-10-14(12-16(15)18(23)24)20-19-13-8-6-5-7-9-13/h5-12H,3-4H2,1-2H3,(H,23,24). The van der Waals surface area contributed by atoms with E-state index in [1.54, 1.807) is 23.1 Å². The van der Waals surface area contributed by atoms with Crippen molar-refractivity contribution in [2.24, 2.45) is 10.2 Å². The lowest BCUT2D eigenvalue weighted by atomic mass is 10.1. The minimum Gasteiger partial charge on any atom is -0.478 e. The molecule has 2 aromatic carbocycles. The lowest BCUT2D eigenvalue weighted by Gasteiger charge is -2.19. The van der Waals surface area contributed by atoms with Crippen LogP contribution in [0.1, 0.15) is 34.6 Å². The molecule has 0 atom stereocenters.